The van der Waals surface area contributed by atoms with Gasteiger partial charge in [0.15, 0.2) is 0 Å². The van der Waals surface area contributed by atoms with Crippen LogP contribution < -0.4 is 5.46 Å². The Kier molecular flexibility index (Phi) is 1.99. The Morgan fingerprint density at radius 1 is 1.67 bits per heavy atom. The van der Waals surface area contributed by atoms with Crippen molar-refractivity contribution in [3.8, 4) is 0 Å². The first-order valence-corrected chi connectivity index (χ1v) is 3.02. The molecule has 42 valence electrons. The standard InChI is InChI=1S/C7H8B2/c1-6-5-7(8-2)3-4-9-6/h3-5H,2H2,1H3. The van der Waals surface area contributed by atoms with Crippen molar-refractivity contribution in [1.29, 1.82) is 0 Å². The molecule has 0 radical (unpaired) electrons. The first-order chi connectivity index (χ1) is 4.33. The van der Waals surface area contributed by atoms with Crippen LogP contribution in [0.3, 0.4) is 0 Å². The van der Waals surface area contributed by atoms with Crippen LogP contribution in [0.25, 0.3) is 0 Å². The summed E-state index contributed by atoms with van der Waals surface area (Å²) in [6, 6.07) is 4.15. The first-order valence-electron chi connectivity index (χ1n) is 3.02. The van der Waals surface area contributed by atoms with Crippen LogP contribution in [0.1, 0.15) is 5.46 Å². The molecule has 0 aromatic carbocycles. The molecule has 0 nitrogen and oxygen atoms in total. The molecule has 1 heterocycles. The molecule has 0 amide bonds. The SMILES string of the molecule is C=Bc1ccbc(C)c1. The van der Waals surface area contributed by atoms with Crippen LogP contribution in [-0.4, -0.2) is 20.3 Å². The first kappa shape index (κ1) is 6.47. The summed E-state index contributed by atoms with van der Waals surface area (Å²) in [6.45, 7) is 9.68. The van der Waals surface area contributed by atoms with E-state index in [4.69, 9.17) is 0 Å². The van der Waals surface area contributed by atoms with Crippen LogP contribution >= 0.6 is 0 Å². The monoisotopic (exact) mass is 114 g/mol. The van der Waals surface area contributed by atoms with Gasteiger partial charge in [0, 0.05) is 0 Å². The molecule has 0 aliphatic heterocycles. The number of hydrogen-bond donors (Lipinski definition) is 0. The van der Waals surface area contributed by atoms with E-state index in [0.29, 0.717) is 0 Å². The summed E-state index contributed by atoms with van der Waals surface area (Å²) in [6.07, 6.45) is 0. The molecular weight excluding hydrogens is 106 g/mol. The molecule has 0 fully saturated rings. The molecule has 9 heavy (non-hydrogen) atoms. The third-order valence-electron chi connectivity index (χ3n) is 1.28. The van der Waals surface area contributed by atoms with Crippen LogP contribution in [-0.2, 0) is 0 Å². The van der Waals surface area contributed by atoms with E-state index >= 15 is 0 Å². The average molecular weight is 114 g/mol. The third kappa shape index (κ3) is 1.63. The zero-order chi connectivity index (χ0) is 6.69. The van der Waals surface area contributed by atoms with Crippen molar-refractivity contribution in [3.05, 3.63) is 23.6 Å². The molecule has 0 N–H and O–H groups in total. The fourth-order valence-electron chi connectivity index (χ4n) is 0.797. The van der Waals surface area contributed by atoms with Gasteiger partial charge in [0.05, 0.1) is 0 Å². The number of aryl methyl sites for hydroxylation is 1. The zero-order valence-corrected chi connectivity index (χ0v) is 5.59. The van der Waals surface area contributed by atoms with Crippen molar-refractivity contribution in [1.82, 2.24) is 0 Å². The molecular formula is C7H8B2. The molecule has 0 saturated carbocycles. The van der Waals surface area contributed by atoms with E-state index in [9.17, 15) is 0 Å². The van der Waals surface area contributed by atoms with Gasteiger partial charge in [0.25, 0.3) is 0 Å². The summed E-state index contributed by atoms with van der Waals surface area (Å²) in [5, 5.41) is 0. The normalized spacial score (nSPS) is 8.11. The van der Waals surface area contributed by atoms with Crippen LogP contribution in [0, 0.1) is 6.92 Å². The van der Waals surface area contributed by atoms with E-state index in [0.717, 1.165) is 0 Å². The van der Waals surface area contributed by atoms with E-state index in [1.54, 1.807) is 0 Å². The Balaban J connectivity index is 3.07. The molecule has 1 aromatic heterocycles. The maximum atomic E-state index is 3.67. The average Bonchev–Trinajstić information content (AvgIpc) is 1.88. The second kappa shape index (κ2) is 2.77. The Labute approximate surface area is 57.0 Å². The van der Waals surface area contributed by atoms with Crippen molar-refractivity contribution >= 4 is 25.8 Å². The van der Waals surface area contributed by atoms with Gasteiger partial charge in [-0.1, -0.05) is 0 Å². The van der Waals surface area contributed by atoms with Gasteiger partial charge in [-0.3, -0.25) is 0 Å². The van der Waals surface area contributed by atoms with Crippen molar-refractivity contribution in [2.45, 2.75) is 6.92 Å². The number of rotatable bonds is 1. The molecule has 0 spiro atoms. The van der Waals surface area contributed by atoms with Gasteiger partial charge in [-0.2, -0.15) is 0 Å². The van der Waals surface area contributed by atoms with Gasteiger partial charge < -0.3 is 0 Å². The minimum absolute atomic E-state index is 1.19. The van der Waals surface area contributed by atoms with Gasteiger partial charge in [-0.15, -0.1) is 0 Å². The van der Waals surface area contributed by atoms with E-state index in [1.165, 1.54) is 10.9 Å². The van der Waals surface area contributed by atoms with Gasteiger partial charge >= 0.3 is 56.2 Å². The fraction of sp³-hybridized carbons (Fsp3) is 0.143. The Bertz CT molecular complexity index is 218. The maximum absolute atomic E-state index is 3.67. The van der Waals surface area contributed by atoms with E-state index < -0.39 is 0 Å². The molecule has 0 atom stereocenters. The van der Waals surface area contributed by atoms with Gasteiger partial charge in [0.1, 0.15) is 0 Å². The topological polar surface area (TPSA) is 0 Å². The quantitative estimate of drug-likeness (QED) is 0.454. The molecule has 0 unspecified atom stereocenters. The summed E-state index contributed by atoms with van der Waals surface area (Å²) in [4.78, 5) is 0. The minimum atomic E-state index is 1.19. The Morgan fingerprint density at radius 2 is 2.44 bits per heavy atom. The van der Waals surface area contributed by atoms with Crippen LogP contribution in [0.5, 0.6) is 0 Å². The predicted octanol–water partition coefficient (Wildman–Crippen LogP) is 0.0946. The number of hydrogen-bond acceptors (Lipinski definition) is 0. The van der Waals surface area contributed by atoms with Gasteiger partial charge in [-0.25, -0.2) is 0 Å². The summed E-state index contributed by atoms with van der Waals surface area (Å²) in [5.74, 6) is 2.03. The zero-order valence-electron chi connectivity index (χ0n) is 5.59. The van der Waals surface area contributed by atoms with Crippen molar-refractivity contribution in [2.24, 2.45) is 0 Å². The van der Waals surface area contributed by atoms with Crippen LogP contribution in [0.2, 0.25) is 0 Å². The molecule has 1 aromatic rings. The molecule has 1 rings (SSSR count). The predicted molar refractivity (Wildman–Crippen MR) is 45.0 cm³/mol. The third-order valence-corrected chi connectivity index (χ3v) is 1.28. The van der Waals surface area contributed by atoms with E-state index in [2.05, 4.69) is 26.4 Å². The summed E-state index contributed by atoms with van der Waals surface area (Å²) >= 11 is 0. The Morgan fingerprint density at radius 3 is 2.89 bits per heavy atom. The second-order valence-electron chi connectivity index (χ2n) is 2.12. The second-order valence-corrected chi connectivity index (χ2v) is 2.12. The van der Waals surface area contributed by atoms with Crippen molar-refractivity contribution in [3.63, 3.8) is 0 Å². The molecule has 0 bridgehead atoms. The van der Waals surface area contributed by atoms with E-state index in [1.807, 2.05) is 18.9 Å². The van der Waals surface area contributed by atoms with Gasteiger partial charge in [0.2, 0.25) is 0 Å². The van der Waals surface area contributed by atoms with Gasteiger partial charge in [-0.05, 0) is 0 Å². The molecule has 0 saturated heterocycles. The molecule has 0 aliphatic rings. The summed E-state index contributed by atoms with van der Waals surface area (Å²) in [5.41, 5.74) is 2.47. The van der Waals surface area contributed by atoms with Crippen molar-refractivity contribution in [2.75, 3.05) is 0 Å². The van der Waals surface area contributed by atoms with Crippen LogP contribution in [0.15, 0.2) is 18.1 Å². The van der Waals surface area contributed by atoms with Crippen molar-refractivity contribution < 1.29 is 0 Å². The Hall–Kier alpha value is -0.650. The summed E-state index contributed by atoms with van der Waals surface area (Å²) in [7, 11) is 0. The molecule has 2 heteroatoms. The van der Waals surface area contributed by atoms with E-state index in [-0.39, 0.29) is 0 Å². The fourth-order valence-corrected chi connectivity index (χ4v) is 0.797. The van der Waals surface area contributed by atoms with Crippen LogP contribution in [0.4, 0.5) is 0 Å². The molecule has 0 aliphatic carbocycles. The summed E-state index contributed by atoms with van der Waals surface area (Å²) < 4.78 is 0.